The Morgan fingerprint density at radius 1 is 1.53 bits per heavy atom. The number of β-amino-alcohol motifs (C(OH)–C–C–N with tert-alkyl or cyclic N) is 1. The molecule has 0 amide bonds. The van der Waals surface area contributed by atoms with E-state index in [-0.39, 0.29) is 17.4 Å². The van der Waals surface area contributed by atoms with Crippen molar-refractivity contribution in [3.63, 3.8) is 0 Å². The fourth-order valence-corrected chi connectivity index (χ4v) is 3.79. The number of aromatic nitrogens is 1. The van der Waals surface area contributed by atoms with E-state index in [1.54, 1.807) is 13.1 Å². The van der Waals surface area contributed by atoms with Crippen LogP contribution in [0.25, 0.3) is 0 Å². The van der Waals surface area contributed by atoms with Crippen LogP contribution in [0.2, 0.25) is 0 Å². The maximum Gasteiger partial charge on any atom is 0.246 e. The van der Waals surface area contributed by atoms with E-state index < -0.39 is 16.1 Å². The van der Waals surface area contributed by atoms with Gasteiger partial charge in [0, 0.05) is 26.3 Å². The van der Waals surface area contributed by atoms with Crippen molar-refractivity contribution in [3.05, 3.63) is 18.3 Å². The molecule has 7 heteroatoms. The Hall–Kier alpha value is -1.18. The topological polar surface area (TPSA) is 82.5 Å². The van der Waals surface area contributed by atoms with Crippen molar-refractivity contribution in [2.75, 3.05) is 25.5 Å². The minimum absolute atomic E-state index is 0.129. The first-order chi connectivity index (χ1) is 8.96. The van der Waals surface area contributed by atoms with Gasteiger partial charge in [0.25, 0.3) is 0 Å². The molecule has 2 heterocycles. The van der Waals surface area contributed by atoms with Crippen LogP contribution in [0.15, 0.2) is 23.2 Å². The van der Waals surface area contributed by atoms with Crippen molar-refractivity contribution in [2.24, 2.45) is 5.92 Å². The third-order valence-corrected chi connectivity index (χ3v) is 5.40. The van der Waals surface area contributed by atoms with Gasteiger partial charge in [-0.2, -0.15) is 4.31 Å². The number of sulfonamides is 1. The molecule has 0 spiro atoms. The molecule has 6 nitrogen and oxygen atoms in total. The van der Waals surface area contributed by atoms with Gasteiger partial charge in [0.2, 0.25) is 10.0 Å². The SMILES string of the molecule is CNc1ncccc1S(=O)(=O)N1CCC(C)C(O)C1. The van der Waals surface area contributed by atoms with Gasteiger partial charge in [0.05, 0.1) is 6.10 Å². The normalized spacial score (nSPS) is 25.2. The van der Waals surface area contributed by atoms with Crippen LogP contribution in [0.4, 0.5) is 5.82 Å². The molecule has 0 aliphatic carbocycles. The van der Waals surface area contributed by atoms with Gasteiger partial charge in [-0.1, -0.05) is 6.92 Å². The number of pyridine rings is 1. The number of aliphatic hydroxyl groups excluding tert-OH is 1. The zero-order valence-corrected chi connectivity index (χ0v) is 11.9. The molecule has 2 N–H and O–H groups in total. The smallest absolute Gasteiger partial charge is 0.246 e. The first-order valence-corrected chi connectivity index (χ1v) is 7.72. The highest BCUT2D eigenvalue weighted by Gasteiger charge is 2.34. The number of piperidine rings is 1. The van der Waals surface area contributed by atoms with Gasteiger partial charge in [-0.05, 0) is 24.5 Å². The lowest BCUT2D eigenvalue weighted by Crippen LogP contribution is -2.45. The monoisotopic (exact) mass is 285 g/mol. The molecule has 0 bridgehead atoms. The van der Waals surface area contributed by atoms with E-state index in [1.807, 2.05) is 6.92 Å². The first-order valence-electron chi connectivity index (χ1n) is 6.28. The summed E-state index contributed by atoms with van der Waals surface area (Å²) in [6.45, 7) is 2.50. The zero-order valence-electron chi connectivity index (χ0n) is 11.1. The fourth-order valence-electron chi connectivity index (χ4n) is 2.16. The Bertz CT molecular complexity index is 547. The number of anilines is 1. The maximum absolute atomic E-state index is 12.6. The minimum atomic E-state index is -3.61. The Balaban J connectivity index is 2.32. The van der Waals surface area contributed by atoms with Crippen LogP contribution < -0.4 is 5.32 Å². The molecule has 1 aromatic heterocycles. The molecule has 2 atom stereocenters. The summed E-state index contributed by atoms with van der Waals surface area (Å²) in [5.41, 5.74) is 0. The average Bonchev–Trinajstić information content (AvgIpc) is 2.41. The number of rotatable bonds is 3. The van der Waals surface area contributed by atoms with Crippen LogP contribution in [0.1, 0.15) is 13.3 Å². The third kappa shape index (κ3) is 2.72. The van der Waals surface area contributed by atoms with Gasteiger partial charge < -0.3 is 10.4 Å². The fraction of sp³-hybridized carbons (Fsp3) is 0.583. The molecule has 1 aliphatic heterocycles. The largest absolute Gasteiger partial charge is 0.391 e. The van der Waals surface area contributed by atoms with Crippen LogP contribution in [0, 0.1) is 5.92 Å². The number of nitrogens with zero attached hydrogens (tertiary/aromatic N) is 2. The predicted octanol–water partition coefficient (Wildman–Crippen LogP) is 0.515. The van der Waals surface area contributed by atoms with Crippen LogP contribution in [0.5, 0.6) is 0 Å². The van der Waals surface area contributed by atoms with Gasteiger partial charge in [-0.25, -0.2) is 13.4 Å². The van der Waals surface area contributed by atoms with E-state index in [1.165, 1.54) is 16.6 Å². The lowest BCUT2D eigenvalue weighted by atomic mass is 9.98. The first kappa shape index (κ1) is 14.2. The molecular formula is C12H19N3O3S. The Morgan fingerprint density at radius 2 is 2.26 bits per heavy atom. The van der Waals surface area contributed by atoms with Crippen LogP contribution in [0.3, 0.4) is 0 Å². The summed E-state index contributed by atoms with van der Waals surface area (Å²) in [5.74, 6) is 0.458. The van der Waals surface area contributed by atoms with Crippen molar-refractivity contribution in [1.82, 2.24) is 9.29 Å². The molecule has 1 fully saturated rings. The van der Waals surface area contributed by atoms with E-state index in [0.717, 1.165) is 0 Å². The summed E-state index contributed by atoms with van der Waals surface area (Å²) in [6.07, 6.45) is 1.59. The van der Waals surface area contributed by atoms with E-state index in [9.17, 15) is 13.5 Å². The molecule has 1 aliphatic rings. The van der Waals surface area contributed by atoms with Gasteiger partial charge in [-0.15, -0.1) is 0 Å². The summed E-state index contributed by atoms with van der Waals surface area (Å²) in [4.78, 5) is 4.16. The highest BCUT2D eigenvalue weighted by molar-refractivity contribution is 7.89. The van der Waals surface area contributed by atoms with Crippen LogP contribution in [-0.4, -0.2) is 49.1 Å². The Labute approximate surface area is 113 Å². The Kier molecular flexibility index (Phi) is 4.07. The van der Waals surface area contributed by atoms with E-state index in [0.29, 0.717) is 18.8 Å². The lowest BCUT2D eigenvalue weighted by Gasteiger charge is -2.33. The summed E-state index contributed by atoms with van der Waals surface area (Å²) in [6, 6.07) is 3.12. The van der Waals surface area contributed by atoms with Crippen molar-refractivity contribution in [3.8, 4) is 0 Å². The highest BCUT2D eigenvalue weighted by atomic mass is 32.2. The van der Waals surface area contributed by atoms with Gasteiger partial charge in [0.1, 0.15) is 10.7 Å². The van der Waals surface area contributed by atoms with Gasteiger partial charge in [0.15, 0.2) is 0 Å². The van der Waals surface area contributed by atoms with E-state index in [2.05, 4.69) is 10.3 Å². The quantitative estimate of drug-likeness (QED) is 0.846. The number of hydrogen-bond acceptors (Lipinski definition) is 5. The third-order valence-electron chi connectivity index (χ3n) is 3.51. The molecule has 106 valence electrons. The summed E-state index contributed by atoms with van der Waals surface area (Å²) in [7, 11) is -1.98. The second-order valence-electron chi connectivity index (χ2n) is 4.80. The minimum Gasteiger partial charge on any atom is -0.391 e. The summed E-state index contributed by atoms with van der Waals surface area (Å²) >= 11 is 0. The Morgan fingerprint density at radius 3 is 2.89 bits per heavy atom. The lowest BCUT2D eigenvalue weighted by molar-refractivity contribution is 0.0605. The second-order valence-corrected chi connectivity index (χ2v) is 6.70. The van der Waals surface area contributed by atoms with E-state index in [4.69, 9.17) is 0 Å². The summed E-state index contributed by atoms with van der Waals surface area (Å²) < 4.78 is 26.4. The van der Waals surface area contributed by atoms with Gasteiger partial charge in [-0.3, -0.25) is 0 Å². The number of hydrogen-bond donors (Lipinski definition) is 2. The molecule has 0 radical (unpaired) electrons. The molecule has 0 aromatic carbocycles. The predicted molar refractivity (Wildman–Crippen MR) is 72.3 cm³/mol. The number of nitrogens with one attached hydrogen (secondary N) is 1. The maximum atomic E-state index is 12.6. The van der Waals surface area contributed by atoms with Crippen molar-refractivity contribution in [2.45, 2.75) is 24.3 Å². The molecule has 2 rings (SSSR count). The highest BCUT2D eigenvalue weighted by Crippen LogP contribution is 2.26. The standard InChI is InChI=1S/C12H19N3O3S/c1-9-5-7-15(8-10(9)16)19(17,18)11-4-3-6-14-12(11)13-2/h3-4,6,9-10,16H,5,7-8H2,1-2H3,(H,13,14). The molecular weight excluding hydrogens is 266 g/mol. The van der Waals surface area contributed by atoms with E-state index >= 15 is 0 Å². The molecule has 1 saturated heterocycles. The molecule has 0 saturated carbocycles. The van der Waals surface area contributed by atoms with Crippen molar-refractivity contribution < 1.29 is 13.5 Å². The second kappa shape index (κ2) is 5.44. The van der Waals surface area contributed by atoms with Crippen molar-refractivity contribution in [1.29, 1.82) is 0 Å². The summed E-state index contributed by atoms with van der Waals surface area (Å²) in [5, 5.41) is 12.6. The zero-order chi connectivity index (χ0) is 14.0. The average molecular weight is 285 g/mol. The number of aliphatic hydroxyl groups is 1. The molecule has 19 heavy (non-hydrogen) atoms. The van der Waals surface area contributed by atoms with Crippen LogP contribution >= 0.6 is 0 Å². The van der Waals surface area contributed by atoms with Crippen molar-refractivity contribution >= 4 is 15.8 Å². The van der Waals surface area contributed by atoms with Crippen LogP contribution in [-0.2, 0) is 10.0 Å². The van der Waals surface area contributed by atoms with Gasteiger partial charge >= 0.3 is 0 Å². The molecule has 2 unspecified atom stereocenters. The molecule has 1 aromatic rings.